The van der Waals surface area contributed by atoms with E-state index in [0.717, 1.165) is 37.6 Å². The summed E-state index contributed by atoms with van der Waals surface area (Å²) in [5.74, 6) is -1.72. The molecule has 1 atom stereocenters. The summed E-state index contributed by atoms with van der Waals surface area (Å²) in [6.45, 7) is 4.60. The monoisotopic (exact) mass is 372 g/mol. The fourth-order valence-corrected chi connectivity index (χ4v) is 3.65. The van der Waals surface area contributed by atoms with Crippen molar-refractivity contribution in [2.75, 3.05) is 17.2 Å². The number of hydrogen-bond acceptors (Lipinski definition) is 6. The van der Waals surface area contributed by atoms with Crippen molar-refractivity contribution >= 4 is 39.8 Å². The molecular formula is C15H18F2N4OS2. The maximum Gasteiger partial charge on any atom is 0.237 e. The molecule has 24 heavy (non-hydrogen) atoms. The summed E-state index contributed by atoms with van der Waals surface area (Å²) < 4.78 is 27.3. The van der Waals surface area contributed by atoms with Crippen LogP contribution in [0.5, 0.6) is 0 Å². The van der Waals surface area contributed by atoms with Crippen LogP contribution in [-0.2, 0) is 4.79 Å². The lowest BCUT2D eigenvalue weighted by molar-refractivity contribution is -0.115. The first-order valence-electron chi connectivity index (χ1n) is 7.49. The summed E-state index contributed by atoms with van der Waals surface area (Å²) in [5, 5.41) is 13.7. The molecule has 2 N–H and O–H groups in total. The van der Waals surface area contributed by atoms with Crippen molar-refractivity contribution in [1.82, 2.24) is 10.2 Å². The molecule has 0 spiro atoms. The summed E-state index contributed by atoms with van der Waals surface area (Å²) in [4.78, 5) is 12.1. The molecule has 0 unspecified atom stereocenters. The van der Waals surface area contributed by atoms with Crippen LogP contribution in [0.15, 0.2) is 22.5 Å². The normalized spacial score (nSPS) is 12.0. The molecule has 0 saturated heterocycles. The molecule has 1 aromatic carbocycles. The number of anilines is 2. The Balaban J connectivity index is 1.90. The Bertz CT molecular complexity index is 696. The number of amides is 1. The van der Waals surface area contributed by atoms with E-state index in [9.17, 15) is 13.6 Å². The lowest BCUT2D eigenvalue weighted by Crippen LogP contribution is -2.23. The van der Waals surface area contributed by atoms with Gasteiger partial charge in [-0.3, -0.25) is 4.79 Å². The number of carbonyl (C=O) groups is 1. The van der Waals surface area contributed by atoms with Gasteiger partial charge in [0.2, 0.25) is 11.0 Å². The molecule has 0 aliphatic carbocycles. The van der Waals surface area contributed by atoms with Gasteiger partial charge in [-0.2, -0.15) is 0 Å². The number of rotatable bonds is 8. The Morgan fingerprint density at radius 2 is 2.17 bits per heavy atom. The van der Waals surface area contributed by atoms with E-state index in [1.807, 2.05) is 0 Å². The zero-order valence-corrected chi connectivity index (χ0v) is 14.9. The lowest BCUT2D eigenvalue weighted by atomic mass is 10.3. The Morgan fingerprint density at radius 3 is 2.92 bits per heavy atom. The highest BCUT2D eigenvalue weighted by Gasteiger charge is 2.18. The van der Waals surface area contributed by atoms with Gasteiger partial charge in [0.1, 0.15) is 11.6 Å². The van der Waals surface area contributed by atoms with Crippen LogP contribution in [0, 0.1) is 11.6 Å². The van der Waals surface area contributed by atoms with Crippen molar-refractivity contribution in [3.8, 4) is 0 Å². The molecular weight excluding hydrogens is 354 g/mol. The summed E-state index contributed by atoms with van der Waals surface area (Å²) in [7, 11) is 0. The van der Waals surface area contributed by atoms with Crippen molar-refractivity contribution in [1.29, 1.82) is 0 Å². The number of carbonyl (C=O) groups excluding carboxylic acids is 1. The fourth-order valence-electron chi connectivity index (χ4n) is 1.73. The molecule has 0 bridgehead atoms. The number of benzene rings is 1. The average molecular weight is 372 g/mol. The second kappa shape index (κ2) is 8.93. The highest BCUT2D eigenvalue weighted by Crippen LogP contribution is 2.29. The van der Waals surface area contributed by atoms with Crippen molar-refractivity contribution in [3.63, 3.8) is 0 Å². The van der Waals surface area contributed by atoms with Gasteiger partial charge in [-0.15, -0.1) is 10.2 Å². The Labute approximate surface area is 147 Å². The van der Waals surface area contributed by atoms with Crippen LogP contribution in [0.1, 0.15) is 26.7 Å². The first kappa shape index (κ1) is 18.6. The minimum atomic E-state index is -0.680. The van der Waals surface area contributed by atoms with Gasteiger partial charge in [0.15, 0.2) is 4.34 Å². The SMILES string of the molecule is CCCCNc1nnc(S[C@@H](C)C(=O)Nc2cc(F)ccc2F)s1. The highest BCUT2D eigenvalue weighted by molar-refractivity contribution is 8.02. The molecule has 0 radical (unpaired) electrons. The van der Waals surface area contributed by atoms with E-state index in [1.54, 1.807) is 6.92 Å². The van der Waals surface area contributed by atoms with E-state index < -0.39 is 22.8 Å². The first-order chi connectivity index (χ1) is 11.5. The molecule has 1 aromatic heterocycles. The van der Waals surface area contributed by atoms with E-state index >= 15 is 0 Å². The van der Waals surface area contributed by atoms with Gasteiger partial charge in [0, 0.05) is 12.6 Å². The number of halogens is 2. The van der Waals surface area contributed by atoms with Crippen LogP contribution in [0.3, 0.4) is 0 Å². The minimum absolute atomic E-state index is 0.174. The molecule has 2 aromatic rings. The maximum absolute atomic E-state index is 13.6. The summed E-state index contributed by atoms with van der Waals surface area (Å²) in [6, 6.07) is 2.92. The van der Waals surface area contributed by atoms with Gasteiger partial charge in [0.05, 0.1) is 10.9 Å². The van der Waals surface area contributed by atoms with Crippen LogP contribution in [0.2, 0.25) is 0 Å². The largest absolute Gasteiger partial charge is 0.360 e. The van der Waals surface area contributed by atoms with Gasteiger partial charge >= 0.3 is 0 Å². The molecule has 0 fully saturated rings. The molecule has 130 valence electrons. The zero-order valence-electron chi connectivity index (χ0n) is 13.3. The number of nitrogens with one attached hydrogen (secondary N) is 2. The third-order valence-electron chi connectivity index (χ3n) is 3.05. The lowest BCUT2D eigenvalue weighted by Gasteiger charge is -2.10. The Kier molecular flexibility index (Phi) is 6.92. The van der Waals surface area contributed by atoms with Gasteiger partial charge in [-0.25, -0.2) is 8.78 Å². The minimum Gasteiger partial charge on any atom is -0.360 e. The second-order valence-electron chi connectivity index (χ2n) is 5.03. The fraction of sp³-hybridized carbons (Fsp3) is 0.400. The smallest absolute Gasteiger partial charge is 0.237 e. The molecule has 9 heteroatoms. The quantitative estimate of drug-likeness (QED) is 0.538. The van der Waals surface area contributed by atoms with Crippen molar-refractivity contribution < 1.29 is 13.6 Å². The molecule has 1 heterocycles. The predicted molar refractivity (Wildman–Crippen MR) is 93.6 cm³/mol. The highest BCUT2D eigenvalue weighted by atomic mass is 32.2. The van der Waals surface area contributed by atoms with Gasteiger partial charge in [0.25, 0.3) is 0 Å². The summed E-state index contributed by atoms with van der Waals surface area (Å²) in [5.41, 5.74) is -0.174. The van der Waals surface area contributed by atoms with Crippen LogP contribution >= 0.6 is 23.1 Å². The number of hydrogen-bond donors (Lipinski definition) is 2. The van der Waals surface area contributed by atoms with E-state index in [-0.39, 0.29) is 5.69 Å². The van der Waals surface area contributed by atoms with Crippen LogP contribution in [-0.4, -0.2) is 27.9 Å². The van der Waals surface area contributed by atoms with Crippen LogP contribution in [0.25, 0.3) is 0 Å². The molecule has 1 amide bonds. The molecule has 0 aliphatic heterocycles. The van der Waals surface area contributed by atoms with Crippen molar-refractivity contribution in [3.05, 3.63) is 29.8 Å². The predicted octanol–water partition coefficient (Wildman–Crippen LogP) is 4.15. The Morgan fingerprint density at radius 1 is 1.38 bits per heavy atom. The molecule has 2 rings (SSSR count). The zero-order chi connectivity index (χ0) is 17.5. The van der Waals surface area contributed by atoms with E-state index in [2.05, 4.69) is 27.8 Å². The third-order valence-corrected chi connectivity index (χ3v) is 5.11. The maximum atomic E-state index is 13.6. The van der Waals surface area contributed by atoms with Crippen molar-refractivity contribution in [2.45, 2.75) is 36.3 Å². The first-order valence-corrected chi connectivity index (χ1v) is 9.19. The van der Waals surface area contributed by atoms with Crippen LogP contribution in [0.4, 0.5) is 19.6 Å². The number of aromatic nitrogens is 2. The van der Waals surface area contributed by atoms with E-state index in [1.165, 1.54) is 23.1 Å². The number of nitrogens with zero attached hydrogens (tertiary/aromatic N) is 2. The second-order valence-corrected chi connectivity index (χ2v) is 7.59. The topological polar surface area (TPSA) is 66.9 Å². The Hall–Kier alpha value is -1.74. The molecule has 5 nitrogen and oxygen atoms in total. The van der Waals surface area contributed by atoms with Gasteiger partial charge in [-0.1, -0.05) is 36.4 Å². The summed E-state index contributed by atoms with van der Waals surface area (Å²) >= 11 is 2.57. The number of unbranched alkanes of at least 4 members (excludes halogenated alkanes) is 1. The standard InChI is InChI=1S/C15H18F2N4OS2/c1-3-4-7-18-14-20-21-15(24-14)23-9(2)13(22)19-12-8-10(16)5-6-11(12)17/h5-6,8-9H,3-4,7H2,1-2H3,(H,18,20)(H,19,22)/t9-/m0/s1. The van der Waals surface area contributed by atoms with Crippen LogP contribution < -0.4 is 10.6 Å². The third kappa shape index (κ3) is 5.41. The van der Waals surface area contributed by atoms with Crippen molar-refractivity contribution in [2.24, 2.45) is 0 Å². The van der Waals surface area contributed by atoms with E-state index in [4.69, 9.17) is 0 Å². The molecule has 0 aliphatic rings. The summed E-state index contributed by atoms with van der Waals surface area (Å²) in [6.07, 6.45) is 2.13. The van der Waals surface area contributed by atoms with Gasteiger partial charge in [-0.05, 0) is 25.5 Å². The van der Waals surface area contributed by atoms with E-state index in [0.29, 0.717) is 9.47 Å². The number of thioether (sulfide) groups is 1. The molecule has 0 saturated carbocycles. The van der Waals surface area contributed by atoms with Gasteiger partial charge < -0.3 is 10.6 Å². The average Bonchev–Trinajstić information content (AvgIpc) is 2.98.